The number of fused-ring (bicyclic) bond motifs is 1. The predicted octanol–water partition coefficient (Wildman–Crippen LogP) is 3.24. The molecule has 0 atom stereocenters. The number of benzene rings is 2. The van der Waals surface area contributed by atoms with Gasteiger partial charge >= 0.3 is 0 Å². The number of hydrogen-bond donors (Lipinski definition) is 1. The minimum Gasteiger partial charge on any atom is -0.443 e. The molecule has 1 amide bonds. The SMILES string of the molecule is N#Cc1cc(=O)c2cccc(NC(=O)CCc3ccccc3)c2o1. The average Bonchev–Trinajstić information content (AvgIpc) is 2.61. The van der Waals surface area contributed by atoms with Gasteiger partial charge in [-0.1, -0.05) is 36.4 Å². The summed E-state index contributed by atoms with van der Waals surface area (Å²) in [5, 5.41) is 12.0. The van der Waals surface area contributed by atoms with Crippen LogP contribution in [0, 0.1) is 11.3 Å². The highest BCUT2D eigenvalue weighted by Crippen LogP contribution is 2.22. The van der Waals surface area contributed by atoms with Crippen molar-refractivity contribution < 1.29 is 9.21 Å². The fraction of sp³-hybridized carbons (Fsp3) is 0.105. The maximum Gasteiger partial charge on any atom is 0.224 e. The zero-order chi connectivity index (χ0) is 16.9. The summed E-state index contributed by atoms with van der Waals surface area (Å²) in [6.07, 6.45) is 0.924. The number of carbonyl (C=O) groups excluding carboxylic acids is 1. The number of nitriles is 1. The molecule has 24 heavy (non-hydrogen) atoms. The van der Waals surface area contributed by atoms with Crippen LogP contribution in [0.1, 0.15) is 17.7 Å². The normalized spacial score (nSPS) is 10.3. The lowest BCUT2D eigenvalue weighted by Crippen LogP contribution is -2.13. The van der Waals surface area contributed by atoms with Crippen LogP contribution in [0.15, 0.2) is 63.8 Å². The molecule has 1 aromatic heterocycles. The largest absolute Gasteiger partial charge is 0.443 e. The molecule has 0 saturated heterocycles. The van der Waals surface area contributed by atoms with Crippen LogP contribution in [-0.2, 0) is 11.2 Å². The van der Waals surface area contributed by atoms with Crippen molar-refractivity contribution in [3.63, 3.8) is 0 Å². The van der Waals surface area contributed by atoms with Crippen molar-refractivity contribution in [3.8, 4) is 6.07 Å². The van der Waals surface area contributed by atoms with Crippen molar-refractivity contribution >= 4 is 22.6 Å². The monoisotopic (exact) mass is 318 g/mol. The Balaban J connectivity index is 1.82. The Morgan fingerprint density at radius 1 is 1.12 bits per heavy atom. The van der Waals surface area contributed by atoms with E-state index in [1.54, 1.807) is 18.2 Å². The van der Waals surface area contributed by atoms with Gasteiger partial charge in [-0.25, -0.2) is 0 Å². The first-order valence-corrected chi connectivity index (χ1v) is 7.48. The molecule has 2 aromatic carbocycles. The van der Waals surface area contributed by atoms with Gasteiger partial charge in [0.2, 0.25) is 11.7 Å². The first kappa shape index (κ1) is 15.5. The Bertz CT molecular complexity index is 985. The van der Waals surface area contributed by atoms with Crippen molar-refractivity contribution in [1.82, 2.24) is 0 Å². The van der Waals surface area contributed by atoms with E-state index in [-0.39, 0.29) is 22.7 Å². The van der Waals surface area contributed by atoms with Gasteiger partial charge in [-0.2, -0.15) is 5.26 Å². The van der Waals surface area contributed by atoms with Crippen molar-refractivity contribution in [2.45, 2.75) is 12.8 Å². The molecule has 0 aliphatic heterocycles. The van der Waals surface area contributed by atoms with E-state index in [0.717, 1.165) is 11.6 Å². The van der Waals surface area contributed by atoms with E-state index in [4.69, 9.17) is 9.68 Å². The maximum absolute atomic E-state index is 12.2. The minimum atomic E-state index is -0.312. The summed E-state index contributed by atoms with van der Waals surface area (Å²) in [6, 6.07) is 17.6. The standard InChI is InChI=1S/C19H14N2O3/c20-12-14-11-17(22)15-7-4-8-16(19(15)24-14)21-18(23)10-9-13-5-2-1-3-6-13/h1-8,11H,9-10H2,(H,21,23). The third kappa shape index (κ3) is 3.33. The molecule has 1 heterocycles. The summed E-state index contributed by atoms with van der Waals surface area (Å²) >= 11 is 0. The van der Waals surface area contributed by atoms with Gasteiger partial charge in [-0.3, -0.25) is 9.59 Å². The number of hydrogen-bond acceptors (Lipinski definition) is 4. The van der Waals surface area contributed by atoms with Gasteiger partial charge in [0, 0.05) is 12.5 Å². The molecule has 0 bridgehead atoms. The van der Waals surface area contributed by atoms with Crippen LogP contribution in [0.5, 0.6) is 0 Å². The van der Waals surface area contributed by atoms with Gasteiger partial charge in [-0.15, -0.1) is 0 Å². The lowest BCUT2D eigenvalue weighted by atomic mass is 10.1. The highest BCUT2D eigenvalue weighted by atomic mass is 16.3. The molecule has 1 N–H and O–H groups in total. The summed E-state index contributed by atoms with van der Waals surface area (Å²) in [5.41, 5.74) is 1.37. The third-order valence-electron chi connectivity index (χ3n) is 3.62. The van der Waals surface area contributed by atoms with E-state index in [1.807, 2.05) is 36.4 Å². The highest BCUT2D eigenvalue weighted by Gasteiger charge is 2.11. The Kier molecular flexibility index (Phi) is 4.39. The van der Waals surface area contributed by atoms with Gasteiger partial charge in [0.25, 0.3) is 0 Å². The molecule has 0 saturated carbocycles. The lowest BCUT2D eigenvalue weighted by molar-refractivity contribution is -0.116. The zero-order valence-electron chi connectivity index (χ0n) is 12.8. The topological polar surface area (TPSA) is 83.1 Å². The first-order chi connectivity index (χ1) is 11.7. The molecule has 3 rings (SSSR count). The third-order valence-corrected chi connectivity index (χ3v) is 3.62. The predicted molar refractivity (Wildman–Crippen MR) is 90.6 cm³/mol. The molecule has 5 heteroatoms. The maximum atomic E-state index is 12.2. The first-order valence-electron chi connectivity index (χ1n) is 7.48. The fourth-order valence-corrected chi connectivity index (χ4v) is 2.45. The molecular weight excluding hydrogens is 304 g/mol. The van der Waals surface area contributed by atoms with E-state index in [2.05, 4.69) is 5.32 Å². The molecule has 0 aliphatic carbocycles. The number of rotatable bonds is 4. The molecule has 0 radical (unpaired) electrons. The highest BCUT2D eigenvalue weighted by molar-refractivity contribution is 5.99. The number of anilines is 1. The lowest BCUT2D eigenvalue weighted by Gasteiger charge is -2.08. The number of carbonyl (C=O) groups is 1. The molecule has 0 aliphatic rings. The van der Waals surface area contributed by atoms with Crippen LogP contribution >= 0.6 is 0 Å². The zero-order valence-corrected chi connectivity index (χ0v) is 12.8. The quantitative estimate of drug-likeness (QED) is 0.800. The molecule has 3 aromatic rings. The second-order valence-electron chi connectivity index (χ2n) is 5.30. The summed E-state index contributed by atoms with van der Waals surface area (Å²) in [5.74, 6) is -0.269. The number of amides is 1. The van der Waals surface area contributed by atoms with Crippen LogP contribution in [0.25, 0.3) is 11.0 Å². The molecule has 0 unspecified atom stereocenters. The number of aryl methyl sites for hydroxylation is 1. The van der Waals surface area contributed by atoms with Crippen molar-refractivity contribution in [3.05, 3.63) is 76.1 Å². The summed E-state index contributed by atoms with van der Waals surface area (Å²) in [7, 11) is 0. The second kappa shape index (κ2) is 6.80. The summed E-state index contributed by atoms with van der Waals surface area (Å²) < 4.78 is 5.41. The van der Waals surface area contributed by atoms with E-state index >= 15 is 0 Å². The Morgan fingerprint density at radius 3 is 2.67 bits per heavy atom. The summed E-state index contributed by atoms with van der Waals surface area (Å²) in [6.45, 7) is 0. The molecular formula is C19H14N2O3. The van der Waals surface area contributed by atoms with Crippen LogP contribution in [-0.4, -0.2) is 5.91 Å². The minimum absolute atomic E-state index is 0.0847. The Labute approximate surface area is 138 Å². The van der Waals surface area contributed by atoms with E-state index < -0.39 is 0 Å². The number of nitrogens with zero attached hydrogens (tertiary/aromatic N) is 1. The van der Waals surface area contributed by atoms with E-state index in [9.17, 15) is 9.59 Å². The van der Waals surface area contributed by atoms with Crippen molar-refractivity contribution in [1.29, 1.82) is 5.26 Å². The van der Waals surface area contributed by atoms with Gasteiger partial charge in [0.15, 0.2) is 11.0 Å². The van der Waals surface area contributed by atoms with Crippen LogP contribution < -0.4 is 10.7 Å². The smallest absolute Gasteiger partial charge is 0.224 e. The molecule has 0 fully saturated rings. The van der Waals surface area contributed by atoms with Gasteiger partial charge in [0.05, 0.1) is 11.1 Å². The van der Waals surface area contributed by atoms with Gasteiger partial charge in [0.1, 0.15) is 6.07 Å². The Morgan fingerprint density at radius 2 is 1.92 bits per heavy atom. The molecule has 118 valence electrons. The number of nitrogens with one attached hydrogen (secondary N) is 1. The van der Waals surface area contributed by atoms with E-state index in [0.29, 0.717) is 23.9 Å². The average molecular weight is 318 g/mol. The van der Waals surface area contributed by atoms with Crippen LogP contribution in [0.2, 0.25) is 0 Å². The van der Waals surface area contributed by atoms with Gasteiger partial charge in [-0.05, 0) is 24.1 Å². The van der Waals surface area contributed by atoms with Crippen LogP contribution in [0.4, 0.5) is 5.69 Å². The Hall–Kier alpha value is -3.39. The van der Waals surface area contributed by atoms with Gasteiger partial charge < -0.3 is 9.73 Å². The number of para-hydroxylation sites is 1. The molecule has 5 nitrogen and oxygen atoms in total. The van der Waals surface area contributed by atoms with Crippen molar-refractivity contribution in [2.24, 2.45) is 0 Å². The summed E-state index contributed by atoms with van der Waals surface area (Å²) in [4.78, 5) is 24.2. The second-order valence-corrected chi connectivity index (χ2v) is 5.30. The van der Waals surface area contributed by atoms with E-state index in [1.165, 1.54) is 0 Å². The van der Waals surface area contributed by atoms with Crippen molar-refractivity contribution in [2.75, 3.05) is 5.32 Å². The fourth-order valence-electron chi connectivity index (χ4n) is 2.45. The molecule has 0 spiro atoms. The van der Waals surface area contributed by atoms with Crippen LogP contribution in [0.3, 0.4) is 0 Å².